The fourth-order valence-corrected chi connectivity index (χ4v) is 3.29. The first-order chi connectivity index (χ1) is 11.4. The first kappa shape index (κ1) is 14.9. The molecule has 0 aromatic heterocycles. The lowest BCUT2D eigenvalue weighted by Crippen LogP contribution is -2.54. The molecule has 0 bridgehead atoms. The van der Waals surface area contributed by atoms with Crippen LogP contribution in [-0.2, 0) is 0 Å². The molecule has 0 aliphatic carbocycles. The number of ether oxygens (including phenoxy) is 2. The van der Waals surface area contributed by atoms with Gasteiger partial charge in [0.1, 0.15) is 0 Å². The molecule has 1 aromatic carbocycles. The van der Waals surface area contributed by atoms with E-state index in [2.05, 4.69) is 10.6 Å². The van der Waals surface area contributed by atoms with Gasteiger partial charge in [-0.15, -0.1) is 0 Å². The third-order valence-electron chi connectivity index (χ3n) is 4.43. The second-order valence-corrected chi connectivity index (χ2v) is 6.67. The number of nitrogens with zero attached hydrogens (tertiary/aromatic N) is 2. The third kappa shape index (κ3) is 2.57. The molecule has 3 heterocycles. The van der Waals surface area contributed by atoms with Crippen LogP contribution in [0.5, 0.6) is 11.5 Å². The van der Waals surface area contributed by atoms with Crippen molar-refractivity contribution in [2.75, 3.05) is 31.5 Å². The van der Waals surface area contributed by atoms with Gasteiger partial charge in [0.25, 0.3) is 0 Å². The second kappa shape index (κ2) is 5.19. The molecule has 0 spiro atoms. The number of carbonyl (C=O) groups is 2. The molecule has 0 saturated carbocycles. The minimum atomic E-state index is -0.691. The van der Waals surface area contributed by atoms with Crippen LogP contribution >= 0.6 is 0 Å². The Labute approximate surface area is 139 Å². The Morgan fingerprint density at radius 3 is 2.92 bits per heavy atom. The number of nitrogens with one attached hydrogen (secondary N) is 2. The number of anilines is 1. The number of carbonyl (C=O) groups excluding carboxylic acids is 2. The summed E-state index contributed by atoms with van der Waals surface area (Å²) in [4.78, 5) is 27.6. The Hall–Kier alpha value is -2.64. The normalized spacial score (nSPS) is 23.8. The van der Waals surface area contributed by atoms with Crippen molar-refractivity contribution in [2.24, 2.45) is 0 Å². The Bertz CT molecular complexity index is 705. The van der Waals surface area contributed by atoms with Crippen LogP contribution in [0.15, 0.2) is 18.2 Å². The van der Waals surface area contributed by atoms with E-state index in [0.717, 1.165) is 0 Å². The van der Waals surface area contributed by atoms with Gasteiger partial charge in [-0.1, -0.05) is 0 Å². The van der Waals surface area contributed by atoms with Crippen molar-refractivity contribution in [2.45, 2.75) is 25.7 Å². The summed E-state index contributed by atoms with van der Waals surface area (Å²) >= 11 is 0. The number of benzene rings is 1. The van der Waals surface area contributed by atoms with Gasteiger partial charge < -0.3 is 29.9 Å². The smallest absolute Gasteiger partial charge is 0.321 e. The second-order valence-electron chi connectivity index (χ2n) is 6.67. The van der Waals surface area contributed by atoms with E-state index in [1.54, 1.807) is 28.0 Å². The largest absolute Gasteiger partial charge is 0.449 e. The quantitative estimate of drug-likeness (QED) is 0.815. The lowest BCUT2D eigenvalue weighted by Gasteiger charge is -2.36. The molecular formula is C16H20N4O4. The fraction of sp³-hybridized carbons (Fsp3) is 0.500. The van der Waals surface area contributed by atoms with Crippen LogP contribution in [0.4, 0.5) is 15.3 Å². The number of urea groups is 2. The lowest BCUT2D eigenvalue weighted by atomic mass is 10.2. The summed E-state index contributed by atoms with van der Waals surface area (Å²) in [6, 6.07) is 5.18. The third-order valence-corrected chi connectivity index (χ3v) is 4.43. The highest BCUT2D eigenvalue weighted by Crippen LogP contribution is 2.40. The zero-order valence-electron chi connectivity index (χ0n) is 13.7. The molecule has 2 N–H and O–H groups in total. The molecule has 0 unspecified atom stereocenters. The van der Waals surface area contributed by atoms with Gasteiger partial charge in [0.15, 0.2) is 11.5 Å². The molecule has 1 aromatic rings. The predicted octanol–water partition coefficient (Wildman–Crippen LogP) is 1.44. The number of amides is 4. The summed E-state index contributed by atoms with van der Waals surface area (Å²) in [7, 11) is 0. The minimum absolute atomic E-state index is 0.0431. The molecule has 4 amide bonds. The maximum Gasteiger partial charge on any atom is 0.321 e. The van der Waals surface area contributed by atoms with Crippen molar-refractivity contribution in [3.8, 4) is 11.5 Å². The standard InChI is InChI=1S/C16H20N4O4/c1-16(2)23-12-4-3-10(7-13(12)24-16)18-15(22)19-5-6-20-11(9-19)8-17-14(20)21/h3-4,7,11H,5-6,8-9H2,1-2H3,(H,17,21)(H,18,22)/t11-/m0/s1. The van der Waals surface area contributed by atoms with Crippen LogP contribution in [0.1, 0.15) is 13.8 Å². The first-order valence-electron chi connectivity index (χ1n) is 8.04. The van der Waals surface area contributed by atoms with Crippen LogP contribution in [0.2, 0.25) is 0 Å². The number of hydrogen-bond acceptors (Lipinski definition) is 4. The van der Waals surface area contributed by atoms with E-state index in [1.165, 1.54) is 0 Å². The summed E-state index contributed by atoms with van der Waals surface area (Å²) in [6.45, 7) is 5.86. The molecule has 3 aliphatic heterocycles. The number of fused-ring (bicyclic) bond motifs is 2. The molecule has 2 fully saturated rings. The van der Waals surface area contributed by atoms with Crippen molar-refractivity contribution < 1.29 is 19.1 Å². The zero-order chi connectivity index (χ0) is 16.9. The molecule has 24 heavy (non-hydrogen) atoms. The van der Waals surface area contributed by atoms with Gasteiger partial charge in [-0.05, 0) is 12.1 Å². The van der Waals surface area contributed by atoms with Crippen molar-refractivity contribution in [3.05, 3.63) is 18.2 Å². The number of rotatable bonds is 1. The van der Waals surface area contributed by atoms with Crippen molar-refractivity contribution in [3.63, 3.8) is 0 Å². The predicted molar refractivity (Wildman–Crippen MR) is 86.3 cm³/mol. The van der Waals surface area contributed by atoms with E-state index in [0.29, 0.717) is 43.4 Å². The molecule has 8 heteroatoms. The molecule has 2 saturated heterocycles. The van der Waals surface area contributed by atoms with Crippen LogP contribution < -0.4 is 20.1 Å². The summed E-state index contributed by atoms with van der Waals surface area (Å²) < 4.78 is 11.3. The first-order valence-corrected chi connectivity index (χ1v) is 8.04. The van der Waals surface area contributed by atoms with Crippen LogP contribution in [0.3, 0.4) is 0 Å². The molecule has 8 nitrogen and oxygen atoms in total. The molecule has 0 radical (unpaired) electrons. The highest BCUT2D eigenvalue weighted by molar-refractivity contribution is 5.90. The summed E-state index contributed by atoms with van der Waals surface area (Å²) in [6.07, 6.45) is 0. The minimum Gasteiger partial charge on any atom is -0.449 e. The van der Waals surface area contributed by atoms with Gasteiger partial charge >= 0.3 is 12.1 Å². The number of hydrogen-bond donors (Lipinski definition) is 2. The van der Waals surface area contributed by atoms with E-state index < -0.39 is 5.79 Å². The number of piperazine rings is 1. The molecule has 1 atom stereocenters. The topological polar surface area (TPSA) is 83.1 Å². The van der Waals surface area contributed by atoms with Crippen molar-refractivity contribution in [1.29, 1.82) is 0 Å². The van der Waals surface area contributed by atoms with Crippen molar-refractivity contribution in [1.82, 2.24) is 15.1 Å². The monoisotopic (exact) mass is 332 g/mol. The molecule has 128 valence electrons. The van der Waals surface area contributed by atoms with E-state index >= 15 is 0 Å². The molecule has 3 aliphatic rings. The summed E-state index contributed by atoms with van der Waals surface area (Å²) in [5, 5.41) is 5.69. The SMILES string of the molecule is CC1(C)Oc2ccc(NC(=O)N3CCN4C(=O)NC[C@H]4C3)cc2O1. The van der Waals surface area contributed by atoms with Gasteiger partial charge in [-0.2, -0.15) is 0 Å². The summed E-state index contributed by atoms with van der Waals surface area (Å²) in [5.41, 5.74) is 0.656. The Morgan fingerprint density at radius 1 is 1.29 bits per heavy atom. The van der Waals surface area contributed by atoms with Crippen molar-refractivity contribution >= 4 is 17.7 Å². The molecule has 4 rings (SSSR count). The van der Waals surface area contributed by atoms with E-state index in [4.69, 9.17) is 9.47 Å². The Kier molecular flexibility index (Phi) is 3.22. The maximum atomic E-state index is 12.5. The van der Waals surface area contributed by atoms with Gasteiger partial charge in [0.05, 0.1) is 6.04 Å². The fourth-order valence-electron chi connectivity index (χ4n) is 3.29. The van der Waals surface area contributed by atoms with Gasteiger partial charge in [-0.25, -0.2) is 9.59 Å². The molecular weight excluding hydrogens is 312 g/mol. The zero-order valence-corrected chi connectivity index (χ0v) is 13.7. The highest BCUT2D eigenvalue weighted by atomic mass is 16.7. The van der Waals surface area contributed by atoms with Crippen LogP contribution in [0.25, 0.3) is 0 Å². The van der Waals surface area contributed by atoms with Gasteiger partial charge in [-0.3, -0.25) is 0 Å². The van der Waals surface area contributed by atoms with E-state index in [1.807, 2.05) is 13.8 Å². The van der Waals surface area contributed by atoms with Gasteiger partial charge in [0.2, 0.25) is 5.79 Å². The lowest BCUT2D eigenvalue weighted by molar-refractivity contribution is -0.0431. The van der Waals surface area contributed by atoms with E-state index in [9.17, 15) is 9.59 Å². The Balaban J connectivity index is 1.41. The Morgan fingerprint density at radius 2 is 2.08 bits per heavy atom. The average molecular weight is 332 g/mol. The van der Waals surface area contributed by atoms with E-state index in [-0.39, 0.29) is 18.1 Å². The van der Waals surface area contributed by atoms with Gasteiger partial charge in [0, 0.05) is 51.8 Å². The summed E-state index contributed by atoms with van der Waals surface area (Å²) in [5.74, 6) is 0.596. The van der Waals surface area contributed by atoms with Crippen LogP contribution in [-0.4, -0.2) is 59.9 Å². The average Bonchev–Trinajstić information content (AvgIpc) is 3.05. The van der Waals surface area contributed by atoms with Crippen LogP contribution in [0, 0.1) is 0 Å². The highest BCUT2D eigenvalue weighted by Gasteiger charge is 2.37. The maximum absolute atomic E-state index is 12.5.